The summed E-state index contributed by atoms with van der Waals surface area (Å²) in [5.74, 6) is 0.169. The first-order chi connectivity index (χ1) is 18.1. The van der Waals surface area contributed by atoms with E-state index >= 15 is 0 Å². The lowest BCUT2D eigenvalue weighted by molar-refractivity contribution is -0.0146. The van der Waals surface area contributed by atoms with Crippen LogP contribution in [0.5, 0.6) is 0 Å². The molecule has 0 spiro atoms. The normalized spacial score (nSPS) is 15.9. The molecule has 37 heavy (non-hydrogen) atoms. The topological polar surface area (TPSA) is 43.7 Å². The van der Waals surface area contributed by atoms with Crippen molar-refractivity contribution in [1.29, 1.82) is 0 Å². The van der Waals surface area contributed by atoms with E-state index in [4.69, 9.17) is 0 Å². The highest BCUT2D eigenvalue weighted by Crippen LogP contribution is 2.42. The lowest BCUT2D eigenvalue weighted by Gasteiger charge is -2.42. The summed E-state index contributed by atoms with van der Waals surface area (Å²) in [6.45, 7) is 2.91. The molecule has 3 heteroatoms. The molecule has 4 aromatic rings. The van der Waals surface area contributed by atoms with E-state index < -0.39 is 11.7 Å². The van der Waals surface area contributed by atoms with Crippen molar-refractivity contribution >= 4 is 0 Å². The Labute approximate surface area is 221 Å². The van der Waals surface area contributed by atoms with E-state index in [-0.39, 0.29) is 5.92 Å². The second-order valence-corrected chi connectivity index (χ2v) is 10.3. The van der Waals surface area contributed by atoms with Gasteiger partial charge in [-0.1, -0.05) is 115 Å². The van der Waals surface area contributed by atoms with E-state index in [1.165, 1.54) is 11.1 Å². The maximum atomic E-state index is 12.1. The van der Waals surface area contributed by atoms with Crippen LogP contribution in [0.25, 0.3) is 11.1 Å². The van der Waals surface area contributed by atoms with Crippen LogP contribution in [0.1, 0.15) is 48.5 Å². The van der Waals surface area contributed by atoms with Gasteiger partial charge < -0.3 is 15.1 Å². The van der Waals surface area contributed by atoms with Crippen molar-refractivity contribution in [2.24, 2.45) is 5.92 Å². The standard InChI is InChI=1S/C34H37NO2/c36-33(29-20-18-28(19-21-29)27-11-4-1-5-12-27)17-10-24-35-25-22-32(23-26-35)34(37,30-13-6-2-7-14-30)31-15-8-3-9-16-31/h1-9,11-16,18-21,32-33,36-37H,10,17,22-26H2. The molecule has 4 aromatic carbocycles. The highest BCUT2D eigenvalue weighted by molar-refractivity contribution is 5.63. The minimum Gasteiger partial charge on any atom is -0.388 e. The van der Waals surface area contributed by atoms with Crippen LogP contribution in [0, 0.1) is 5.92 Å². The molecule has 0 amide bonds. The molecule has 2 N–H and O–H groups in total. The largest absolute Gasteiger partial charge is 0.388 e. The minimum absolute atomic E-state index is 0.169. The van der Waals surface area contributed by atoms with Gasteiger partial charge in [-0.25, -0.2) is 0 Å². The highest BCUT2D eigenvalue weighted by Gasteiger charge is 2.41. The Morgan fingerprint density at radius 2 is 1.16 bits per heavy atom. The second kappa shape index (κ2) is 11.9. The van der Waals surface area contributed by atoms with Gasteiger partial charge in [-0.15, -0.1) is 0 Å². The van der Waals surface area contributed by atoms with E-state index in [0.717, 1.165) is 62.0 Å². The first-order valence-electron chi connectivity index (χ1n) is 13.5. The van der Waals surface area contributed by atoms with E-state index in [9.17, 15) is 10.2 Å². The maximum absolute atomic E-state index is 12.1. The lowest BCUT2D eigenvalue weighted by Crippen LogP contribution is -2.44. The first kappa shape index (κ1) is 25.4. The smallest absolute Gasteiger partial charge is 0.117 e. The number of likely N-dealkylation sites (tertiary alicyclic amines) is 1. The minimum atomic E-state index is -0.975. The second-order valence-electron chi connectivity index (χ2n) is 10.3. The molecule has 1 heterocycles. The zero-order chi connectivity index (χ0) is 25.5. The molecule has 0 aromatic heterocycles. The van der Waals surface area contributed by atoms with Crippen LogP contribution >= 0.6 is 0 Å². The Morgan fingerprint density at radius 1 is 0.676 bits per heavy atom. The SMILES string of the molecule is OC(CCCN1CCC(C(O)(c2ccccc2)c2ccccc2)CC1)c1ccc(-c2ccccc2)cc1. The fourth-order valence-corrected chi connectivity index (χ4v) is 5.80. The van der Waals surface area contributed by atoms with Crippen molar-refractivity contribution in [1.82, 2.24) is 4.90 Å². The first-order valence-corrected chi connectivity index (χ1v) is 13.5. The Balaban J connectivity index is 1.14. The summed E-state index contributed by atoms with van der Waals surface area (Å²) in [5, 5.41) is 22.8. The fraction of sp³-hybridized carbons (Fsp3) is 0.294. The van der Waals surface area contributed by atoms with Crippen LogP contribution in [-0.2, 0) is 5.60 Å². The summed E-state index contributed by atoms with van der Waals surface area (Å²) in [6, 6.07) is 38.9. The van der Waals surface area contributed by atoms with Gasteiger partial charge in [0.1, 0.15) is 5.60 Å². The molecule has 1 atom stereocenters. The summed E-state index contributed by atoms with van der Waals surface area (Å²) in [5.41, 5.74) is 4.32. The quantitative estimate of drug-likeness (QED) is 0.270. The average Bonchev–Trinajstić information content (AvgIpc) is 2.98. The summed E-state index contributed by atoms with van der Waals surface area (Å²) in [6.07, 6.45) is 3.16. The van der Waals surface area contributed by atoms with Gasteiger partial charge in [0.2, 0.25) is 0 Å². The highest BCUT2D eigenvalue weighted by atomic mass is 16.3. The van der Waals surface area contributed by atoms with Crippen LogP contribution in [0.2, 0.25) is 0 Å². The van der Waals surface area contributed by atoms with Gasteiger partial charge in [0.25, 0.3) is 0 Å². The zero-order valence-corrected chi connectivity index (χ0v) is 21.4. The third-order valence-electron chi connectivity index (χ3n) is 7.96. The third kappa shape index (κ3) is 5.86. The fourth-order valence-electron chi connectivity index (χ4n) is 5.80. The van der Waals surface area contributed by atoms with Crippen molar-refractivity contribution in [2.75, 3.05) is 19.6 Å². The Hall–Kier alpha value is -3.24. The molecule has 5 rings (SSSR count). The molecule has 1 aliphatic rings. The van der Waals surface area contributed by atoms with Gasteiger partial charge in [-0.3, -0.25) is 0 Å². The van der Waals surface area contributed by atoms with Crippen LogP contribution in [0.3, 0.4) is 0 Å². The number of aliphatic hydroxyl groups is 2. The van der Waals surface area contributed by atoms with E-state index in [1.807, 2.05) is 91.0 Å². The number of hydrogen-bond donors (Lipinski definition) is 2. The van der Waals surface area contributed by atoms with Gasteiger partial charge in [-0.05, 0) is 79.1 Å². The molecule has 0 bridgehead atoms. The van der Waals surface area contributed by atoms with Gasteiger partial charge >= 0.3 is 0 Å². The average molecular weight is 492 g/mol. The summed E-state index contributed by atoms with van der Waals surface area (Å²) in [7, 11) is 0. The molecule has 0 radical (unpaired) electrons. The number of hydrogen-bond acceptors (Lipinski definition) is 3. The summed E-state index contributed by atoms with van der Waals surface area (Å²) >= 11 is 0. The maximum Gasteiger partial charge on any atom is 0.117 e. The zero-order valence-electron chi connectivity index (χ0n) is 21.4. The Bertz CT molecular complexity index is 1180. The predicted octanol–water partition coefficient (Wildman–Crippen LogP) is 6.82. The van der Waals surface area contributed by atoms with Crippen molar-refractivity contribution < 1.29 is 10.2 Å². The van der Waals surface area contributed by atoms with Gasteiger partial charge in [0, 0.05) is 0 Å². The van der Waals surface area contributed by atoms with Crippen LogP contribution < -0.4 is 0 Å². The number of aliphatic hydroxyl groups excluding tert-OH is 1. The number of benzene rings is 4. The van der Waals surface area contributed by atoms with Crippen molar-refractivity contribution in [3.8, 4) is 11.1 Å². The molecule has 0 aliphatic carbocycles. The third-order valence-corrected chi connectivity index (χ3v) is 7.96. The molecular weight excluding hydrogens is 454 g/mol. The van der Waals surface area contributed by atoms with Crippen LogP contribution in [-0.4, -0.2) is 34.7 Å². The monoisotopic (exact) mass is 491 g/mol. The lowest BCUT2D eigenvalue weighted by atomic mass is 9.72. The van der Waals surface area contributed by atoms with E-state index in [0.29, 0.717) is 0 Å². The number of rotatable bonds is 9. The van der Waals surface area contributed by atoms with Gasteiger partial charge in [0.15, 0.2) is 0 Å². The molecule has 1 saturated heterocycles. The van der Waals surface area contributed by atoms with Crippen LogP contribution in [0.4, 0.5) is 0 Å². The van der Waals surface area contributed by atoms with Gasteiger partial charge in [0.05, 0.1) is 6.10 Å². The summed E-state index contributed by atoms with van der Waals surface area (Å²) < 4.78 is 0. The molecule has 1 unspecified atom stereocenters. The predicted molar refractivity (Wildman–Crippen MR) is 151 cm³/mol. The van der Waals surface area contributed by atoms with E-state index in [1.54, 1.807) is 0 Å². The number of piperidine rings is 1. The van der Waals surface area contributed by atoms with E-state index in [2.05, 4.69) is 29.2 Å². The molecule has 1 aliphatic heterocycles. The number of nitrogens with zero attached hydrogens (tertiary/aromatic N) is 1. The van der Waals surface area contributed by atoms with Crippen LogP contribution in [0.15, 0.2) is 115 Å². The van der Waals surface area contributed by atoms with Crippen molar-refractivity contribution in [3.05, 3.63) is 132 Å². The van der Waals surface area contributed by atoms with Crippen molar-refractivity contribution in [3.63, 3.8) is 0 Å². The Kier molecular flexibility index (Phi) is 8.15. The molecule has 190 valence electrons. The molecule has 1 fully saturated rings. The van der Waals surface area contributed by atoms with Crippen molar-refractivity contribution in [2.45, 2.75) is 37.4 Å². The molecule has 0 saturated carbocycles. The summed E-state index contributed by atoms with van der Waals surface area (Å²) in [4.78, 5) is 2.48. The molecule has 3 nitrogen and oxygen atoms in total. The molecular formula is C34H37NO2. The Morgan fingerprint density at radius 3 is 1.70 bits per heavy atom. The van der Waals surface area contributed by atoms with Gasteiger partial charge in [-0.2, -0.15) is 0 Å².